The second-order valence-corrected chi connectivity index (χ2v) is 3.56. The smallest absolute Gasteiger partial charge is 0.242 e. The lowest BCUT2D eigenvalue weighted by molar-refractivity contribution is -0.144. The average molecular weight is 252 g/mol. The first-order valence-electron chi connectivity index (χ1n) is 4.90. The number of rotatable bonds is 3. The monoisotopic (exact) mass is 251 g/mol. The highest BCUT2D eigenvalue weighted by atomic mass is 35.5. The van der Waals surface area contributed by atoms with Gasteiger partial charge >= 0.3 is 0 Å². The summed E-state index contributed by atoms with van der Waals surface area (Å²) < 4.78 is 4.80. The normalized spacial score (nSPS) is 22.1. The molecular weight excluding hydrogens is 234 g/mol. The molecule has 0 bridgehead atoms. The Morgan fingerprint density at radius 3 is 2.94 bits per heavy atom. The predicted octanol–water partition coefficient (Wildman–Crippen LogP) is -1.27. The molecule has 1 rings (SSSR count). The van der Waals surface area contributed by atoms with Crippen LogP contribution in [0.5, 0.6) is 0 Å². The molecule has 2 unspecified atom stereocenters. The minimum Gasteiger partial charge on any atom is -0.383 e. The van der Waals surface area contributed by atoms with Gasteiger partial charge in [0, 0.05) is 20.2 Å². The number of carbonyl (C=O) groups is 2. The molecule has 1 aliphatic heterocycles. The third-order valence-electron chi connectivity index (χ3n) is 2.45. The molecule has 0 radical (unpaired) electrons. The zero-order valence-corrected chi connectivity index (χ0v) is 10.3. The summed E-state index contributed by atoms with van der Waals surface area (Å²) in [6, 6.07) is -1.14. The number of carbonyl (C=O) groups excluding carboxylic acids is 2. The van der Waals surface area contributed by atoms with Gasteiger partial charge in [0.25, 0.3) is 0 Å². The van der Waals surface area contributed by atoms with Crippen LogP contribution in [0.25, 0.3) is 0 Å². The highest BCUT2D eigenvalue weighted by Gasteiger charge is 2.31. The van der Waals surface area contributed by atoms with E-state index in [1.807, 2.05) is 0 Å². The molecule has 0 aromatic rings. The Balaban J connectivity index is 0.00000225. The van der Waals surface area contributed by atoms with Crippen LogP contribution < -0.4 is 11.1 Å². The van der Waals surface area contributed by atoms with E-state index in [-0.39, 0.29) is 30.8 Å². The van der Waals surface area contributed by atoms with E-state index in [9.17, 15) is 9.59 Å². The molecule has 3 N–H and O–H groups in total. The van der Waals surface area contributed by atoms with Crippen LogP contribution in [-0.4, -0.2) is 55.6 Å². The highest BCUT2D eigenvalue weighted by Crippen LogP contribution is 2.05. The van der Waals surface area contributed by atoms with Gasteiger partial charge in [-0.25, -0.2) is 0 Å². The van der Waals surface area contributed by atoms with E-state index in [0.29, 0.717) is 13.1 Å². The first kappa shape index (κ1) is 15.2. The van der Waals surface area contributed by atoms with Crippen LogP contribution in [0, 0.1) is 0 Å². The van der Waals surface area contributed by atoms with Gasteiger partial charge in [-0.15, -0.1) is 12.4 Å². The van der Waals surface area contributed by atoms with Gasteiger partial charge in [-0.2, -0.15) is 0 Å². The summed E-state index contributed by atoms with van der Waals surface area (Å²) in [6.07, 6.45) is 0. The maximum Gasteiger partial charge on any atom is 0.242 e. The number of amides is 2. The fourth-order valence-electron chi connectivity index (χ4n) is 1.55. The van der Waals surface area contributed by atoms with E-state index in [2.05, 4.69) is 5.32 Å². The first-order chi connectivity index (χ1) is 7.07. The number of piperazine rings is 1. The SMILES string of the molecule is COCC(N)C(=O)N1CCNC(=O)C1C.Cl. The zero-order valence-electron chi connectivity index (χ0n) is 9.43. The van der Waals surface area contributed by atoms with E-state index in [4.69, 9.17) is 10.5 Å². The molecule has 0 saturated carbocycles. The maximum atomic E-state index is 11.8. The van der Waals surface area contributed by atoms with Crippen molar-refractivity contribution >= 4 is 24.2 Å². The summed E-state index contributed by atoms with van der Waals surface area (Å²) in [6.45, 7) is 2.84. The quantitative estimate of drug-likeness (QED) is 0.655. The van der Waals surface area contributed by atoms with Crippen molar-refractivity contribution in [1.82, 2.24) is 10.2 Å². The molecule has 7 heteroatoms. The molecule has 1 saturated heterocycles. The Labute approximate surface area is 101 Å². The topological polar surface area (TPSA) is 84.7 Å². The molecule has 1 aliphatic rings. The number of halogens is 1. The van der Waals surface area contributed by atoms with Gasteiger partial charge in [0.05, 0.1) is 6.61 Å². The molecule has 16 heavy (non-hydrogen) atoms. The summed E-state index contributed by atoms with van der Waals surface area (Å²) in [4.78, 5) is 24.6. The van der Waals surface area contributed by atoms with Gasteiger partial charge in [-0.1, -0.05) is 0 Å². The number of hydrogen-bond donors (Lipinski definition) is 2. The summed E-state index contributed by atoms with van der Waals surface area (Å²) >= 11 is 0. The Hall–Kier alpha value is -0.850. The number of methoxy groups -OCH3 is 1. The summed E-state index contributed by atoms with van der Waals surface area (Å²) in [5.41, 5.74) is 5.62. The third-order valence-corrected chi connectivity index (χ3v) is 2.45. The van der Waals surface area contributed by atoms with Gasteiger partial charge in [0.1, 0.15) is 12.1 Å². The van der Waals surface area contributed by atoms with Crippen molar-refractivity contribution in [3.63, 3.8) is 0 Å². The van der Waals surface area contributed by atoms with Crippen molar-refractivity contribution < 1.29 is 14.3 Å². The Morgan fingerprint density at radius 1 is 1.75 bits per heavy atom. The number of hydrogen-bond acceptors (Lipinski definition) is 4. The van der Waals surface area contributed by atoms with Crippen LogP contribution in [0.3, 0.4) is 0 Å². The number of nitrogens with two attached hydrogens (primary N) is 1. The van der Waals surface area contributed by atoms with Crippen molar-refractivity contribution in [2.24, 2.45) is 5.73 Å². The molecular formula is C9H18ClN3O3. The lowest BCUT2D eigenvalue weighted by Gasteiger charge is -2.34. The largest absolute Gasteiger partial charge is 0.383 e. The van der Waals surface area contributed by atoms with Gasteiger partial charge in [-0.05, 0) is 6.92 Å². The van der Waals surface area contributed by atoms with Gasteiger partial charge < -0.3 is 20.7 Å². The minimum absolute atomic E-state index is 0. The fraction of sp³-hybridized carbons (Fsp3) is 0.778. The van der Waals surface area contributed by atoms with Crippen molar-refractivity contribution in [1.29, 1.82) is 0 Å². The summed E-state index contributed by atoms with van der Waals surface area (Å²) in [5, 5.41) is 2.68. The summed E-state index contributed by atoms with van der Waals surface area (Å²) in [5.74, 6) is -0.376. The predicted molar refractivity (Wildman–Crippen MR) is 61.3 cm³/mol. The molecule has 1 fully saturated rings. The van der Waals surface area contributed by atoms with Gasteiger partial charge in [0.15, 0.2) is 0 Å². The molecule has 0 aromatic heterocycles. The summed E-state index contributed by atoms with van der Waals surface area (Å²) in [7, 11) is 1.49. The molecule has 2 amide bonds. The van der Waals surface area contributed by atoms with Crippen LogP contribution in [0.1, 0.15) is 6.92 Å². The van der Waals surface area contributed by atoms with Crippen molar-refractivity contribution in [3.8, 4) is 0 Å². The lowest BCUT2D eigenvalue weighted by Crippen LogP contribution is -2.59. The Kier molecular flexibility index (Phi) is 6.32. The van der Waals surface area contributed by atoms with Crippen molar-refractivity contribution in [2.45, 2.75) is 19.0 Å². The van der Waals surface area contributed by atoms with E-state index >= 15 is 0 Å². The molecule has 0 spiro atoms. The third kappa shape index (κ3) is 3.33. The fourth-order valence-corrected chi connectivity index (χ4v) is 1.55. The lowest BCUT2D eigenvalue weighted by atomic mass is 10.1. The van der Waals surface area contributed by atoms with Gasteiger partial charge in [-0.3, -0.25) is 9.59 Å². The molecule has 1 heterocycles. The van der Waals surface area contributed by atoms with E-state index in [1.54, 1.807) is 6.92 Å². The molecule has 0 aliphatic carbocycles. The number of nitrogens with one attached hydrogen (secondary N) is 1. The molecule has 6 nitrogen and oxygen atoms in total. The molecule has 0 aromatic carbocycles. The number of ether oxygens (including phenoxy) is 1. The van der Waals surface area contributed by atoms with Crippen LogP contribution in [0.15, 0.2) is 0 Å². The van der Waals surface area contributed by atoms with E-state index < -0.39 is 12.1 Å². The average Bonchev–Trinajstić information content (AvgIpc) is 2.21. The van der Waals surface area contributed by atoms with Crippen molar-refractivity contribution in [2.75, 3.05) is 26.8 Å². The Bertz CT molecular complexity index is 262. The van der Waals surface area contributed by atoms with Crippen LogP contribution >= 0.6 is 12.4 Å². The molecule has 2 atom stereocenters. The van der Waals surface area contributed by atoms with Crippen LogP contribution in [-0.2, 0) is 14.3 Å². The van der Waals surface area contributed by atoms with Crippen LogP contribution in [0.2, 0.25) is 0 Å². The Morgan fingerprint density at radius 2 is 2.38 bits per heavy atom. The van der Waals surface area contributed by atoms with Crippen LogP contribution in [0.4, 0.5) is 0 Å². The zero-order chi connectivity index (χ0) is 11.4. The van der Waals surface area contributed by atoms with E-state index in [1.165, 1.54) is 12.0 Å². The minimum atomic E-state index is -0.691. The highest BCUT2D eigenvalue weighted by molar-refractivity contribution is 5.90. The second kappa shape index (κ2) is 6.67. The standard InChI is InChI=1S/C9H17N3O3.ClH/c1-6-8(13)11-3-4-12(6)9(14)7(10)5-15-2;/h6-7H,3-5,10H2,1-2H3,(H,11,13);1H. The maximum absolute atomic E-state index is 11.8. The molecule has 94 valence electrons. The second-order valence-electron chi connectivity index (χ2n) is 3.56. The number of nitrogens with zero attached hydrogens (tertiary/aromatic N) is 1. The van der Waals surface area contributed by atoms with E-state index in [0.717, 1.165) is 0 Å². The van der Waals surface area contributed by atoms with Crippen molar-refractivity contribution in [3.05, 3.63) is 0 Å². The first-order valence-corrected chi connectivity index (χ1v) is 4.90. The van der Waals surface area contributed by atoms with Gasteiger partial charge in [0.2, 0.25) is 11.8 Å².